The number of rotatable bonds is 5. The van der Waals surface area contributed by atoms with Crippen LogP contribution in [0.15, 0.2) is 35.2 Å². The molecule has 0 bridgehead atoms. The monoisotopic (exact) mass is 435 g/mol. The topological polar surface area (TPSA) is 105 Å². The van der Waals surface area contributed by atoms with Gasteiger partial charge in [0.25, 0.3) is 5.91 Å². The second kappa shape index (κ2) is 8.04. The van der Waals surface area contributed by atoms with Crippen LogP contribution in [0.3, 0.4) is 0 Å². The van der Waals surface area contributed by atoms with E-state index < -0.39 is 34.4 Å². The summed E-state index contributed by atoms with van der Waals surface area (Å²) >= 11 is 0. The summed E-state index contributed by atoms with van der Waals surface area (Å²) in [7, 11) is -2.76. The van der Waals surface area contributed by atoms with E-state index in [4.69, 9.17) is 4.74 Å². The lowest BCUT2D eigenvalue weighted by atomic mass is 10.1. The van der Waals surface area contributed by atoms with E-state index in [0.29, 0.717) is 16.8 Å². The number of fused-ring (bicyclic) bond motifs is 1. The Morgan fingerprint density at radius 2 is 1.93 bits per heavy atom. The van der Waals surface area contributed by atoms with E-state index in [1.165, 1.54) is 37.4 Å². The average Bonchev–Trinajstić information content (AvgIpc) is 2.65. The first-order valence-electron chi connectivity index (χ1n) is 9.13. The summed E-state index contributed by atoms with van der Waals surface area (Å²) in [5.41, 5.74) is 1.44. The molecular weight excluding hydrogens is 413 g/mol. The number of anilines is 2. The van der Waals surface area contributed by atoms with Crippen LogP contribution in [0.2, 0.25) is 0 Å². The summed E-state index contributed by atoms with van der Waals surface area (Å²) in [6.45, 7) is 4.26. The maximum absolute atomic E-state index is 13.6. The number of carbonyl (C=O) groups excluding carboxylic acids is 2. The molecule has 10 heteroatoms. The standard InChI is InChI=1S/C20H22FN3O5S/c1-11-5-6-14(8-15(11)21)22-19(25)10-24(4)30(27,28)18-9-17-16(7-12(18)2)23-20(26)13(3)29-17/h5-9,13H,10H2,1-4H3,(H,22,25)(H,23,26). The van der Waals surface area contributed by atoms with E-state index in [1.807, 2.05) is 0 Å². The number of benzene rings is 2. The third kappa shape index (κ3) is 4.29. The van der Waals surface area contributed by atoms with Crippen molar-refractivity contribution in [2.75, 3.05) is 24.2 Å². The van der Waals surface area contributed by atoms with Gasteiger partial charge in [0.2, 0.25) is 15.9 Å². The fourth-order valence-electron chi connectivity index (χ4n) is 2.95. The Kier molecular flexibility index (Phi) is 5.82. The van der Waals surface area contributed by atoms with Crippen LogP contribution >= 0.6 is 0 Å². The maximum atomic E-state index is 13.6. The highest BCUT2D eigenvalue weighted by Crippen LogP contribution is 2.35. The molecule has 1 aliphatic heterocycles. The van der Waals surface area contributed by atoms with Gasteiger partial charge in [-0.15, -0.1) is 0 Å². The predicted molar refractivity (Wildman–Crippen MR) is 109 cm³/mol. The van der Waals surface area contributed by atoms with E-state index in [0.717, 1.165) is 4.31 Å². The van der Waals surface area contributed by atoms with Crippen molar-refractivity contribution in [3.63, 3.8) is 0 Å². The van der Waals surface area contributed by atoms with Crippen molar-refractivity contribution in [1.82, 2.24) is 4.31 Å². The van der Waals surface area contributed by atoms with Crippen LogP contribution in [0.5, 0.6) is 5.75 Å². The Morgan fingerprint density at radius 3 is 2.60 bits per heavy atom. The lowest BCUT2D eigenvalue weighted by Gasteiger charge is -2.25. The molecule has 0 aromatic heterocycles. The van der Waals surface area contributed by atoms with Crippen LogP contribution in [-0.2, 0) is 19.6 Å². The Labute approximate surface area is 174 Å². The summed E-state index contributed by atoms with van der Waals surface area (Å²) in [6, 6.07) is 7.06. The second-order valence-electron chi connectivity index (χ2n) is 7.14. The number of halogens is 1. The van der Waals surface area contributed by atoms with Gasteiger partial charge in [-0.05, 0) is 50.1 Å². The number of aryl methyl sites for hydroxylation is 2. The molecule has 160 valence electrons. The van der Waals surface area contributed by atoms with E-state index in [2.05, 4.69) is 10.6 Å². The van der Waals surface area contributed by atoms with Gasteiger partial charge in [0.05, 0.1) is 17.1 Å². The van der Waals surface area contributed by atoms with E-state index in [9.17, 15) is 22.4 Å². The van der Waals surface area contributed by atoms with Crippen molar-refractivity contribution in [2.24, 2.45) is 0 Å². The van der Waals surface area contributed by atoms with Gasteiger partial charge in [-0.3, -0.25) is 9.59 Å². The van der Waals surface area contributed by atoms with Crippen LogP contribution < -0.4 is 15.4 Å². The summed E-state index contributed by atoms with van der Waals surface area (Å²) < 4.78 is 46.1. The minimum Gasteiger partial charge on any atom is -0.479 e. The highest BCUT2D eigenvalue weighted by molar-refractivity contribution is 7.89. The summed E-state index contributed by atoms with van der Waals surface area (Å²) in [5.74, 6) is -1.17. The first-order chi connectivity index (χ1) is 14.0. The molecule has 3 rings (SSSR count). The molecule has 0 saturated carbocycles. The second-order valence-corrected chi connectivity index (χ2v) is 9.15. The molecule has 2 amide bonds. The first-order valence-corrected chi connectivity index (χ1v) is 10.6. The number of nitrogens with one attached hydrogen (secondary N) is 2. The SMILES string of the molecule is Cc1ccc(NC(=O)CN(C)S(=O)(=O)c2cc3c(cc2C)NC(=O)C(C)O3)cc1F. The third-order valence-corrected chi connectivity index (χ3v) is 6.66. The quantitative estimate of drug-likeness (QED) is 0.751. The number of sulfonamides is 1. The van der Waals surface area contributed by atoms with Crippen molar-refractivity contribution in [3.8, 4) is 5.75 Å². The number of hydrogen-bond donors (Lipinski definition) is 2. The zero-order valence-electron chi connectivity index (χ0n) is 16.9. The van der Waals surface area contributed by atoms with Gasteiger partial charge >= 0.3 is 0 Å². The Bertz CT molecular complexity index is 1130. The summed E-state index contributed by atoms with van der Waals surface area (Å²) in [4.78, 5) is 24.0. The number of nitrogens with zero attached hydrogens (tertiary/aromatic N) is 1. The molecule has 30 heavy (non-hydrogen) atoms. The molecule has 1 heterocycles. The van der Waals surface area contributed by atoms with E-state index in [-0.39, 0.29) is 22.2 Å². The number of likely N-dealkylation sites (N-methyl/N-ethyl adjacent to an activating group) is 1. The molecule has 2 aromatic carbocycles. The van der Waals surface area contributed by atoms with Crippen molar-refractivity contribution >= 4 is 33.2 Å². The van der Waals surface area contributed by atoms with Gasteiger partial charge < -0.3 is 15.4 Å². The third-order valence-electron chi connectivity index (χ3n) is 4.72. The lowest BCUT2D eigenvalue weighted by Crippen LogP contribution is -2.36. The Morgan fingerprint density at radius 1 is 1.23 bits per heavy atom. The Hall–Kier alpha value is -2.98. The molecule has 8 nitrogen and oxygen atoms in total. The highest BCUT2D eigenvalue weighted by atomic mass is 32.2. The molecule has 0 spiro atoms. The fourth-order valence-corrected chi connectivity index (χ4v) is 4.29. The fraction of sp³-hybridized carbons (Fsp3) is 0.300. The smallest absolute Gasteiger partial charge is 0.265 e. The minimum absolute atomic E-state index is 0.0405. The maximum Gasteiger partial charge on any atom is 0.265 e. The zero-order valence-corrected chi connectivity index (χ0v) is 17.8. The van der Waals surface area contributed by atoms with Gasteiger partial charge in [-0.1, -0.05) is 6.07 Å². The number of carbonyl (C=O) groups is 2. The number of amides is 2. The zero-order chi connectivity index (χ0) is 22.2. The van der Waals surface area contributed by atoms with Crippen molar-refractivity contribution in [2.45, 2.75) is 31.8 Å². The molecule has 2 N–H and O–H groups in total. The van der Waals surface area contributed by atoms with Crippen LogP contribution in [0.4, 0.5) is 15.8 Å². The first kappa shape index (κ1) is 21.7. The molecule has 1 atom stereocenters. The lowest BCUT2D eigenvalue weighted by molar-refractivity contribution is -0.122. The Balaban J connectivity index is 1.79. The van der Waals surface area contributed by atoms with Crippen LogP contribution in [0.1, 0.15) is 18.1 Å². The number of hydrogen-bond acceptors (Lipinski definition) is 5. The van der Waals surface area contributed by atoms with Gasteiger partial charge in [0.15, 0.2) is 6.10 Å². The van der Waals surface area contributed by atoms with E-state index >= 15 is 0 Å². The van der Waals surface area contributed by atoms with Gasteiger partial charge in [0.1, 0.15) is 11.6 Å². The largest absolute Gasteiger partial charge is 0.479 e. The molecule has 2 aromatic rings. The van der Waals surface area contributed by atoms with Crippen LogP contribution in [0, 0.1) is 19.7 Å². The molecular formula is C20H22FN3O5S. The van der Waals surface area contributed by atoms with Crippen molar-refractivity contribution < 1.29 is 27.1 Å². The molecule has 0 fully saturated rings. The van der Waals surface area contributed by atoms with Crippen LogP contribution in [-0.4, -0.2) is 44.2 Å². The summed E-state index contributed by atoms with van der Waals surface area (Å²) in [5, 5.41) is 5.14. The van der Waals surface area contributed by atoms with Gasteiger partial charge in [-0.25, -0.2) is 12.8 Å². The van der Waals surface area contributed by atoms with Crippen LogP contribution in [0.25, 0.3) is 0 Å². The number of ether oxygens (including phenoxy) is 1. The summed E-state index contributed by atoms with van der Waals surface area (Å²) in [6.07, 6.45) is -0.755. The van der Waals surface area contributed by atoms with Gasteiger partial charge in [0, 0.05) is 18.8 Å². The molecule has 0 saturated heterocycles. The predicted octanol–water partition coefficient (Wildman–Crippen LogP) is 2.42. The van der Waals surface area contributed by atoms with Crippen molar-refractivity contribution in [3.05, 3.63) is 47.3 Å². The molecule has 0 aliphatic carbocycles. The minimum atomic E-state index is -4.03. The van der Waals surface area contributed by atoms with Gasteiger partial charge in [-0.2, -0.15) is 4.31 Å². The highest BCUT2D eigenvalue weighted by Gasteiger charge is 2.30. The van der Waals surface area contributed by atoms with E-state index in [1.54, 1.807) is 20.8 Å². The average molecular weight is 435 g/mol. The molecule has 1 unspecified atom stereocenters. The molecule has 0 radical (unpaired) electrons. The normalized spacial score (nSPS) is 15.9. The molecule has 1 aliphatic rings. The van der Waals surface area contributed by atoms with Crippen molar-refractivity contribution in [1.29, 1.82) is 0 Å².